The van der Waals surface area contributed by atoms with Crippen LogP contribution in [0.3, 0.4) is 0 Å². The van der Waals surface area contributed by atoms with E-state index < -0.39 is 0 Å². The summed E-state index contributed by atoms with van der Waals surface area (Å²) in [7, 11) is 1.91. The molecule has 0 aliphatic carbocycles. The van der Waals surface area contributed by atoms with E-state index in [1.165, 1.54) is 16.3 Å². The van der Waals surface area contributed by atoms with Crippen LogP contribution in [0.15, 0.2) is 54.7 Å². The number of hydrogen-bond acceptors (Lipinski definition) is 2. The third-order valence-electron chi connectivity index (χ3n) is 3.43. The molecule has 2 aromatic carbocycles. The first kappa shape index (κ1) is 11.9. The topological polar surface area (TPSA) is 43.8 Å². The van der Waals surface area contributed by atoms with Crippen LogP contribution in [0.5, 0.6) is 0 Å². The van der Waals surface area contributed by atoms with Crippen molar-refractivity contribution in [1.29, 1.82) is 0 Å². The highest BCUT2D eigenvalue weighted by Gasteiger charge is 2.11. The highest BCUT2D eigenvalue weighted by Crippen LogP contribution is 2.22. The van der Waals surface area contributed by atoms with Gasteiger partial charge in [-0.1, -0.05) is 42.5 Å². The maximum Gasteiger partial charge on any atom is 0.0795 e. The molecule has 3 rings (SSSR count). The predicted octanol–water partition coefficient (Wildman–Crippen LogP) is 2.82. The van der Waals surface area contributed by atoms with E-state index in [9.17, 15) is 0 Å². The Kier molecular flexibility index (Phi) is 3.05. The minimum atomic E-state index is -0.0630. The van der Waals surface area contributed by atoms with Crippen LogP contribution >= 0.6 is 0 Å². The van der Waals surface area contributed by atoms with Crippen molar-refractivity contribution >= 4 is 10.8 Å². The molecule has 1 heterocycles. The summed E-state index contributed by atoms with van der Waals surface area (Å²) in [5, 5.41) is 6.91. The third-order valence-corrected chi connectivity index (χ3v) is 3.43. The molecule has 0 saturated heterocycles. The molecule has 0 bridgehead atoms. The summed E-state index contributed by atoms with van der Waals surface area (Å²) in [5.74, 6) is 0. The molecule has 0 spiro atoms. The first-order valence-corrected chi connectivity index (χ1v) is 6.46. The van der Waals surface area contributed by atoms with E-state index in [4.69, 9.17) is 5.73 Å². The Bertz CT molecular complexity index is 695. The second-order valence-corrected chi connectivity index (χ2v) is 4.86. The summed E-state index contributed by atoms with van der Waals surface area (Å²) < 4.78 is 1.79. The van der Waals surface area contributed by atoms with Crippen LogP contribution in [0.25, 0.3) is 10.8 Å². The molecule has 0 saturated carbocycles. The molecule has 3 aromatic rings. The summed E-state index contributed by atoms with van der Waals surface area (Å²) in [4.78, 5) is 0. The summed E-state index contributed by atoms with van der Waals surface area (Å²) in [5.41, 5.74) is 8.47. The lowest BCUT2D eigenvalue weighted by molar-refractivity contribution is 0.659. The lowest BCUT2D eigenvalue weighted by Crippen LogP contribution is -2.14. The van der Waals surface area contributed by atoms with Gasteiger partial charge in [-0.05, 0) is 28.8 Å². The van der Waals surface area contributed by atoms with Crippen LogP contribution in [0.2, 0.25) is 0 Å². The van der Waals surface area contributed by atoms with Gasteiger partial charge in [0, 0.05) is 13.2 Å². The van der Waals surface area contributed by atoms with Crippen molar-refractivity contribution in [2.75, 3.05) is 0 Å². The molecule has 19 heavy (non-hydrogen) atoms. The van der Waals surface area contributed by atoms with Crippen LogP contribution < -0.4 is 5.73 Å². The molecule has 1 unspecified atom stereocenters. The average Bonchev–Trinajstić information content (AvgIpc) is 2.86. The van der Waals surface area contributed by atoms with Crippen molar-refractivity contribution in [3.63, 3.8) is 0 Å². The van der Waals surface area contributed by atoms with Crippen molar-refractivity contribution in [3.8, 4) is 0 Å². The summed E-state index contributed by atoms with van der Waals surface area (Å²) in [6.07, 6.45) is 2.73. The largest absolute Gasteiger partial charge is 0.322 e. The van der Waals surface area contributed by atoms with Gasteiger partial charge in [0.1, 0.15) is 0 Å². The number of aryl methyl sites for hydroxylation is 1. The van der Waals surface area contributed by atoms with Crippen LogP contribution in [-0.4, -0.2) is 9.78 Å². The van der Waals surface area contributed by atoms with Crippen LogP contribution in [-0.2, 0) is 13.5 Å². The Balaban J connectivity index is 1.93. The van der Waals surface area contributed by atoms with Gasteiger partial charge in [0.25, 0.3) is 0 Å². The van der Waals surface area contributed by atoms with Gasteiger partial charge in [0.15, 0.2) is 0 Å². The summed E-state index contributed by atoms with van der Waals surface area (Å²) >= 11 is 0. The molecular formula is C16H17N3. The zero-order valence-corrected chi connectivity index (χ0v) is 11.0. The van der Waals surface area contributed by atoms with E-state index in [1.807, 2.05) is 19.3 Å². The van der Waals surface area contributed by atoms with E-state index >= 15 is 0 Å². The Hall–Kier alpha value is -2.13. The van der Waals surface area contributed by atoms with E-state index in [1.54, 1.807) is 4.68 Å². The molecule has 0 radical (unpaired) electrons. The van der Waals surface area contributed by atoms with Crippen LogP contribution in [0, 0.1) is 0 Å². The van der Waals surface area contributed by atoms with Gasteiger partial charge >= 0.3 is 0 Å². The fourth-order valence-electron chi connectivity index (χ4n) is 2.44. The maximum atomic E-state index is 6.26. The van der Waals surface area contributed by atoms with Crippen LogP contribution in [0.4, 0.5) is 0 Å². The highest BCUT2D eigenvalue weighted by molar-refractivity contribution is 5.85. The fraction of sp³-hybridized carbons (Fsp3) is 0.188. The third kappa shape index (κ3) is 2.37. The monoisotopic (exact) mass is 251 g/mol. The standard InChI is InChI=1S/C16H17N3/c1-19-10-9-16(18-19)15(17)11-13-7-4-6-12-5-2-3-8-14(12)13/h2-10,15H,11,17H2,1H3. The molecule has 2 N–H and O–H groups in total. The number of benzene rings is 2. The van der Waals surface area contributed by atoms with Gasteiger partial charge in [0.2, 0.25) is 0 Å². The maximum absolute atomic E-state index is 6.26. The lowest BCUT2D eigenvalue weighted by atomic mass is 9.98. The van der Waals surface area contributed by atoms with Gasteiger partial charge in [-0.25, -0.2) is 0 Å². The number of nitrogens with zero attached hydrogens (tertiary/aromatic N) is 2. The molecule has 0 fully saturated rings. The Morgan fingerprint density at radius 1 is 1.11 bits per heavy atom. The molecule has 96 valence electrons. The van der Waals surface area contributed by atoms with Gasteiger partial charge in [-0.2, -0.15) is 5.10 Å². The van der Waals surface area contributed by atoms with E-state index in [-0.39, 0.29) is 6.04 Å². The number of nitrogens with two attached hydrogens (primary N) is 1. The molecule has 0 amide bonds. The normalized spacial score (nSPS) is 12.7. The first-order valence-electron chi connectivity index (χ1n) is 6.46. The molecule has 3 heteroatoms. The second kappa shape index (κ2) is 4.86. The molecule has 1 atom stereocenters. The lowest BCUT2D eigenvalue weighted by Gasteiger charge is -2.11. The Labute approximate surface area is 112 Å². The van der Waals surface area contributed by atoms with Crippen molar-refractivity contribution in [2.24, 2.45) is 12.8 Å². The number of aromatic nitrogens is 2. The van der Waals surface area contributed by atoms with E-state index in [2.05, 4.69) is 47.6 Å². The zero-order chi connectivity index (χ0) is 13.2. The van der Waals surface area contributed by atoms with E-state index in [0.717, 1.165) is 12.1 Å². The SMILES string of the molecule is Cn1ccc(C(N)Cc2cccc3ccccc23)n1. The van der Waals surface area contributed by atoms with E-state index in [0.29, 0.717) is 0 Å². The quantitative estimate of drug-likeness (QED) is 0.778. The molecule has 1 aromatic heterocycles. The zero-order valence-electron chi connectivity index (χ0n) is 11.0. The number of fused-ring (bicyclic) bond motifs is 1. The summed E-state index contributed by atoms with van der Waals surface area (Å²) in [6.45, 7) is 0. The minimum Gasteiger partial charge on any atom is -0.322 e. The van der Waals surface area contributed by atoms with Crippen molar-refractivity contribution in [1.82, 2.24) is 9.78 Å². The van der Waals surface area contributed by atoms with Crippen molar-refractivity contribution in [3.05, 3.63) is 66.0 Å². The Morgan fingerprint density at radius 3 is 2.68 bits per heavy atom. The molecular weight excluding hydrogens is 234 g/mol. The van der Waals surface area contributed by atoms with Gasteiger partial charge in [0.05, 0.1) is 11.7 Å². The summed E-state index contributed by atoms with van der Waals surface area (Å²) in [6, 6.07) is 16.7. The number of rotatable bonds is 3. The number of hydrogen-bond donors (Lipinski definition) is 1. The smallest absolute Gasteiger partial charge is 0.0795 e. The van der Waals surface area contributed by atoms with Gasteiger partial charge in [-0.3, -0.25) is 4.68 Å². The molecule has 0 aliphatic rings. The molecule has 3 nitrogen and oxygen atoms in total. The predicted molar refractivity (Wildman–Crippen MR) is 77.8 cm³/mol. The highest BCUT2D eigenvalue weighted by atomic mass is 15.3. The van der Waals surface area contributed by atoms with Gasteiger partial charge < -0.3 is 5.73 Å². The molecule has 0 aliphatic heterocycles. The Morgan fingerprint density at radius 2 is 1.89 bits per heavy atom. The average molecular weight is 251 g/mol. The van der Waals surface area contributed by atoms with Crippen LogP contribution in [0.1, 0.15) is 17.3 Å². The second-order valence-electron chi connectivity index (χ2n) is 4.86. The minimum absolute atomic E-state index is 0.0630. The van der Waals surface area contributed by atoms with Crippen molar-refractivity contribution < 1.29 is 0 Å². The first-order chi connectivity index (χ1) is 9.24. The van der Waals surface area contributed by atoms with Crippen molar-refractivity contribution in [2.45, 2.75) is 12.5 Å². The fourth-order valence-corrected chi connectivity index (χ4v) is 2.44. The van der Waals surface area contributed by atoms with Gasteiger partial charge in [-0.15, -0.1) is 0 Å².